The lowest BCUT2D eigenvalue weighted by Crippen LogP contribution is -2.36. The first-order chi connectivity index (χ1) is 10.1. The number of halogens is 1. The van der Waals surface area contributed by atoms with Crippen molar-refractivity contribution < 1.29 is 9.84 Å². The van der Waals surface area contributed by atoms with Crippen molar-refractivity contribution in [1.29, 1.82) is 0 Å². The van der Waals surface area contributed by atoms with Crippen LogP contribution in [0.15, 0.2) is 22.7 Å². The van der Waals surface area contributed by atoms with Crippen molar-refractivity contribution >= 4 is 15.9 Å². The van der Waals surface area contributed by atoms with E-state index in [0.717, 1.165) is 54.7 Å². The maximum absolute atomic E-state index is 9.62. The number of aliphatic hydroxyl groups excluding tert-OH is 1. The highest BCUT2D eigenvalue weighted by molar-refractivity contribution is 9.10. The highest BCUT2D eigenvalue weighted by atomic mass is 79.9. The van der Waals surface area contributed by atoms with Gasteiger partial charge in [0.2, 0.25) is 0 Å². The monoisotopic (exact) mass is 357 g/mol. The molecule has 0 unspecified atom stereocenters. The summed E-state index contributed by atoms with van der Waals surface area (Å²) in [7, 11) is 0. The van der Waals surface area contributed by atoms with Crippen LogP contribution in [-0.4, -0.2) is 24.9 Å². The average Bonchev–Trinajstić information content (AvgIpc) is 2.51. The molecule has 1 aromatic rings. The van der Waals surface area contributed by atoms with Crippen molar-refractivity contribution in [2.45, 2.75) is 46.6 Å². The molecule has 2 N–H and O–H groups in total. The Morgan fingerprint density at radius 3 is 2.52 bits per heavy atom. The Labute approximate surface area is 137 Å². The standard InChI is InChI=1S/C17H28BrNO2/c1-4-9-21-16-8-7-15(18)10-14(16)11-19-12-17(5-2,6-3)13-20/h7-8,10,19-20H,4-6,9,11-13H2,1-3H3. The van der Waals surface area contributed by atoms with E-state index >= 15 is 0 Å². The molecule has 0 saturated heterocycles. The summed E-state index contributed by atoms with van der Waals surface area (Å²) in [5.41, 5.74) is 1.13. The number of nitrogens with one attached hydrogen (secondary N) is 1. The molecule has 0 spiro atoms. The number of rotatable bonds is 10. The van der Waals surface area contributed by atoms with Gasteiger partial charge in [-0.25, -0.2) is 0 Å². The molecule has 0 saturated carbocycles. The number of hydrogen-bond acceptors (Lipinski definition) is 3. The van der Waals surface area contributed by atoms with Crippen LogP contribution in [0.4, 0.5) is 0 Å². The predicted octanol–water partition coefficient (Wildman–Crippen LogP) is 4.13. The minimum absolute atomic E-state index is 0.0174. The van der Waals surface area contributed by atoms with Gasteiger partial charge in [-0.15, -0.1) is 0 Å². The summed E-state index contributed by atoms with van der Waals surface area (Å²) in [5, 5.41) is 13.1. The lowest BCUT2D eigenvalue weighted by atomic mass is 9.83. The molecule has 120 valence electrons. The van der Waals surface area contributed by atoms with Gasteiger partial charge < -0.3 is 15.2 Å². The van der Waals surface area contributed by atoms with Crippen LogP contribution in [0.3, 0.4) is 0 Å². The van der Waals surface area contributed by atoms with E-state index in [2.05, 4.69) is 48.1 Å². The van der Waals surface area contributed by atoms with Crippen LogP contribution in [0.2, 0.25) is 0 Å². The Morgan fingerprint density at radius 1 is 1.24 bits per heavy atom. The third-order valence-corrected chi connectivity index (χ3v) is 4.63. The minimum atomic E-state index is -0.0174. The first kappa shape index (κ1) is 18.5. The van der Waals surface area contributed by atoms with E-state index in [9.17, 15) is 5.11 Å². The van der Waals surface area contributed by atoms with Gasteiger partial charge in [0.15, 0.2) is 0 Å². The summed E-state index contributed by atoms with van der Waals surface area (Å²) in [4.78, 5) is 0. The van der Waals surface area contributed by atoms with Crippen LogP contribution in [0.5, 0.6) is 5.75 Å². The van der Waals surface area contributed by atoms with Crippen LogP contribution in [0, 0.1) is 5.41 Å². The number of benzene rings is 1. The molecular formula is C17H28BrNO2. The van der Waals surface area contributed by atoms with E-state index in [-0.39, 0.29) is 12.0 Å². The van der Waals surface area contributed by atoms with Gasteiger partial charge >= 0.3 is 0 Å². The first-order valence-electron chi connectivity index (χ1n) is 7.83. The molecule has 0 radical (unpaired) electrons. The molecule has 0 aliphatic carbocycles. The van der Waals surface area contributed by atoms with Crippen molar-refractivity contribution in [3.8, 4) is 5.75 Å². The molecule has 0 aliphatic rings. The van der Waals surface area contributed by atoms with Crippen molar-refractivity contribution in [2.24, 2.45) is 5.41 Å². The van der Waals surface area contributed by atoms with E-state index < -0.39 is 0 Å². The lowest BCUT2D eigenvalue weighted by molar-refractivity contribution is 0.113. The van der Waals surface area contributed by atoms with Gasteiger partial charge in [0.25, 0.3) is 0 Å². The highest BCUT2D eigenvalue weighted by Crippen LogP contribution is 2.26. The average molecular weight is 358 g/mol. The fourth-order valence-corrected chi connectivity index (χ4v) is 2.69. The van der Waals surface area contributed by atoms with Crippen molar-refractivity contribution in [2.75, 3.05) is 19.8 Å². The Bertz CT molecular complexity index is 411. The Morgan fingerprint density at radius 2 is 1.95 bits per heavy atom. The predicted molar refractivity (Wildman–Crippen MR) is 91.7 cm³/mol. The Kier molecular flexibility index (Phi) is 8.30. The first-order valence-corrected chi connectivity index (χ1v) is 8.63. The van der Waals surface area contributed by atoms with Gasteiger partial charge in [0.05, 0.1) is 6.61 Å². The second-order valence-corrected chi connectivity index (χ2v) is 6.48. The zero-order chi connectivity index (χ0) is 15.7. The molecule has 0 atom stereocenters. The highest BCUT2D eigenvalue weighted by Gasteiger charge is 2.24. The van der Waals surface area contributed by atoms with E-state index in [1.165, 1.54) is 0 Å². The third kappa shape index (κ3) is 5.61. The fraction of sp³-hybridized carbons (Fsp3) is 0.647. The summed E-state index contributed by atoms with van der Waals surface area (Å²) in [6.45, 7) is 8.90. The second-order valence-electron chi connectivity index (χ2n) is 5.57. The molecule has 0 bridgehead atoms. The van der Waals surface area contributed by atoms with Crippen LogP contribution in [-0.2, 0) is 6.54 Å². The number of hydrogen-bond donors (Lipinski definition) is 2. The SMILES string of the molecule is CCCOc1ccc(Br)cc1CNCC(CC)(CC)CO. The van der Waals surface area contributed by atoms with E-state index in [1.807, 2.05) is 12.1 Å². The molecular weight excluding hydrogens is 330 g/mol. The molecule has 1 aromatic carbocycles. The summed E-state index contributed by atoms with van der Waals surface area (Å²) >= 11 is 3.51. The van der Waals surface area contributed by atoms with Crippen LogP contribution in [0.1, 0.15) is 45.6 Å². The fourth-order valence-electron chi connectivity index (χ4n) is 2.28. The normalized spacial score (nSPS) is 11.7. The molecule has 1 rings (SSSR count). The Hall–Kier alpha value is -0.580. The lowest BCUT2D eigenvalue weighted by Gasteiger charge is -2.29. The van der Waals surface area contributed by atoms with Gasteiger partial charge in [-0.1, -0.05) is 36.7 Å². The van der Waals surface area contributed by atoms with E-state index in [1.54, 1.807) is 0 Å². The van der Waals surface area contributed by atoms with Crippen LogP contribution >= 0.6 is 15.9 Å². The third-order valence-electron chi connectivity index (χ3n) is 4.14. The minimum Gasteiger partial charge on any atom is -0.493 e. The van der Waals surface area contributed by atoms with Crippen LogP contribution in [0.25, 0.3) is 0 Å². The quantitative estimate of drug-likeness (QED) is 0.661. The molecule has 0 aliphatic heterocycles. The summed E-state index contributed by atoms with van der Waals surface area (Å²) in [6.07, 6.45) is 2.96. The largest absolute Gasteiger partial charge is 0.493 e. The zero-order valence-electron chi connectivity index (χ0n) is 13.4. The topological polar surface area (TPSA) is 41.5 Å². The van der Waals surface area contributed by atoms with Crippen LogP contribution < -0.4 is 10.1 Å². The zero-order valence-corrected chi connectivity index (χ0v) is 15.0. The number of aliphatic hydroxyl groups is 1. The van der Waals surface area contributed by atoms with Crippen molar-refractivity contribution in [3.05, 3.63) is 28.2 Å². The molecule has 0 amide bonds. The second kappa shape index (κ2) is 9.44. The summed E-state index contributed by atoms with van der Waals surface area (Å²) in [5.74, 6) is 0.940. The van der Waals surface area contributed by atoms with Gasteiger partial charge in [-0.3, -0.25) is 0 Å². The summed E-state index contributed by atoms with van der Waals surface area (Å²) < 4.78 is 6.85. The molecule has 0 fully saturated rings. The van der Waals surface area contributed by atoms with Gasteiger partial charge in [-0.05, 0) is 37.5 Å². The van der Waals surface area contributed by atoms with Crippen molar-refractivity contribution in [1.82, 2.24) is 5.32 Å². The van der Waals surface area contributed by atoms with Gasteiger partial charge in [-0.2, -0.15) is 0 Å². The smallest absolute Gasteiger partial charge is 0.123 e. The van der Waals surface area contributed by atoms with Crippen molar-refractivity contribution in [3.63, 3.8) is 0 Å². The van der Waals surface area contributed by atoms with E-state index in [4.69, 9.17) is 4.74 Å². The van der Waals surface area contributed by atoms with E-state index in [0.29, 0.717) is 0 Å². The molecule has 3 nitrogen and oxygen atoms in total. The van der Waals surface area contributed by atoms with Gasteiger partial charge in [0.1, 0.15) is 5.75 Å². The molecule has 4 heteroatoms. The molecule has 0 heterocycles. The maximum Gasteiger partial charge on any atom is 0.123 e. The maximum atomic E-state index is 9.62. The summed E-state index contributed by atoms with van der Waals surface area (Å²) in [6, 6.07) is 6.11. The number of ether oxygens (including phenoxy) is 1. The molecule has 21 heavy (non-hydrogen) atoms. The molecule has 0 aromatic heterocycles. The Balaban J connectivity index is 2.67. The van der Waals surface area contributed by atoms with Gasteiger partial charge in [0, 0.05) is 35.1 Å².